The fraction of sp³-hybridized carbons (Fsp3) is 0.333. The predicted molar refractivity (Wildman–Crippen MR) is 77.3 cm³/mol. The fourth-order valence-corrected chi connectivity index (χ4v) is 3.15. The first-order valence-corrected chi connectivity index (χ1v) is 7.22. The van der Waals surface area contributed by atoms with E-state index in [1.807, 2.05) is 25.1 Å². The monoisotopic (exact) mass is 281 g/mol. The molecule has 96 valence electrons. The van der Waals surface area contributed by atoms with Gasteiger partial charge in [-0.2, -0.15) is 0 Å². The van der Waals surface area contributed by atoms with Crippen molar-refractivity contribution in [3.05, 3.63) is 22.4 Å². The van der Waals surface area contributed by atoms with Crippen LogP contribution in [-0.2, 0) is 11.3 Å². The van der Waals surface area contributed by atoms with Gasteiger partial charge >= 0.3 is 0 Å². The normalized spacial score (nSPS) is 10.4. The van der Waals surface area contributed by atoms with Gasteiger partial charge in [0.1, 0.15) is 0 Å². The quantitative estimate of drug-likeness (QED) is 0.937. The van der Waals surface area contributed by atoms with Crippen molar-refractivity contribution in [3.8, 4) is 10.6 Å². The van der Waals surface area contributed by atoms with Crippen molar-refractivity contribution in [1.82, 2.24) is 10.3 Å². The third kappa shape index (κ3) is 3.08. The van der Waals surface area contributed by atoms with Crippen molar-refractivity contribution in [2.45, 2.75) is 13.5 Å². The fourth-order valence-electron chi connectivity index (χ4n) is 1.41. The first kappa shape index (κ1) is 13.0. The van der Waals surface area contributed by atoms with Crippen LogP contribution in [0.25, 0.3) is 10.6 Å². The van der Waals surface area contributed by atoms with Gasteiger partial charge in [-0.05, 0) is 12.1 Å². The van der Waals surface area contributed by atoms with Crippen LogP contribution < -0.4 is 10.2 Å². The van der Waals surface area contributed by atoms with Crippen LogP contribution in [0.1, 0.15) is 11.8 Å². The second-order valence-corrected chi connectivity index (χ2v) is 6.09. The third-order valence-corrected chi connectivity index (χ3v) is 4.42. The summed E-state index contributed by atoms with van der Waals surface area (Å²) < 4.78 is 0. The minimum Gasteiger partial charge on any atom is -0.354 e. The SMILES string of the molecule is CC(=O)NCc1ccc(-c2csc(N(C)C)n2)s1. The van der Waals surface area contributed by atoms with E-state index < -0.39 is 0 Å². The Morgan fingerprint density at radius 3 is 2.83 bits per heavy atom. The number of carbonyl (C=O) groups is 1. The number of thiazole rings is 1. The Kier molecular flexibility index (Phi) is 3.98. The molecular weight excluding hydrogens is 266 g/mol. The lowest BCUT2D eigenvalue weighted by Crippen LogP contribution is -2.17. The molecule has 4 nitrogen and oxygen atoms in total. The van der Waals surface area contributed by atoms with Crippen molar-refractivity contribution in [2.24, 2.45) is 0 Å². The molecule has 0 saturated heterocycles. The Hall–Kier alpha value is -1.40. The minimum absolute atomic E-state index is 0.00602. The molecule has 18 heavy (non-hydrogen) atoms. The van der Waals surface area contributed by atoms with E-state index in [0.29, 0.717) is 6.54 Å². The van der Waals surface area contributed by atoms with Crippen LogP contribution in [0.15, 0.2) is 17.5 Å². The molecule has 0 fully saturated rings. The first-order chi connectivity index (χ1) is 8.56. The molecule has 1 amide bonds. The van der Waals surface area contributed by atoms with E-state index in [1.54, 1.807) is 22.7 Å². The van der Waals surface area contributed by atoms with Crippen molar-refractivity contribution >= 4 is 33.7 Å². The largest absolute Gasteiger partial charge is 0.354 e. The first-order valence-electron chi connectivity index (χ1n) is 5.52. The highest BCUT2D eigenvalue weighted by molar-refractivity contribution is 7.17. The molecule has 0 spiro atoms. The Labute approximate surface area is 114 Å². The highest BCUT2D eigenvalue weighted by atomic mass is 32.1. The molecule has 1 N–H and O–H groups in total. The van der Waals surface area contributed by atoms with Crippen LogP contribution in [0.5, 0.6) is 0 Å². The summed E-state index contributed by atoms with van der Waals surface area (Å²) in [5.74, 6) is -0.00602. The number of thiophene rings is 1. The summed E-state index contributed by atoms with van der Waals surface area (Å²) >= 11 is 3.30. The number of rotatable bonds is 4. The van der Waals surface area contributed by atoms with Gasteiger partial charge in [-0.15, -0.1) is 22.7 Å². The second-order valence-electron chi connectivity index (χ2n) is 4.09. The number of aromatic nitrogens is 1. The molecule has 0 aliphatic rings. The molecule has 0 aliphatic carbocycles. The van der Waals surface area contributed by atoms with Crippen LogP contribution in [0, 0.1) is 0 Å². The average molecular weight is 281 g/mol. The summed E-state index contributed by atoms with van der Waals surface area (Å²) in [5, 5.41) is 5.86. The molecule has 0 atom stereocenters. The highest BCUT2D eigenvalue weighted by Crippen LogP contribution is 2.31. The van der Waals surface area contributed by atoms with Gasteiger partial charge < -0.3 is 10.2 Å². The van der Waals surface area contributed by atoms with E-state index in [0.717, 1.165) is 20.6 Å². The van der Waals surface area contributed by atoms with E-state index in [2.05, 4.69) is 21.7 Å². The smallest absolute Gasteiger partial charge is 0.217 e. The zero-order valence-corrected chi connectivity index (χ0v) is 12.2. The lowest BCUT2D eigenvalue weighted by molar-refractivity contribution is -0.119. The van der Waals surface area contributed by atoms with E-state index in [4.69, 9.17) is 0 Å². The predicted octanol–water partition coefficient (Wildman–Crippen LogP) is 2.57. The number of nitrogens with one attached hydrogen (secondary N) is 1. The van der Waals surface area contributed by atoms with Gasteiger partial charge in [-0.1, -0.05) is 0 Å². The molecule has 0 bridgehead atoms. The number of hydrogen-bond acceptors (Lipinski definition) is 5. The summed E-state index contributed by atoms with van der Waals surface area (Å²) in [6.45, 7) is 2.11. The summed E-state index contributed by atoms with van der Waals surface area (Å²) in [4.78, 5) is 19.7. The highest BCUT2D eigenvalue weighted by Gasteiger charge is 2.08. The Morgan fingerprint density at radius 2 is 2.22 bits per heavy atom. The van der Waals surface area contributed by atoms with Gasteiger partial charge in [0.2, 0.25) is 5.91 Å². The lowest BCUT2D eigenvalue weighted by Gasteiger charge is -2.05. The van der Waals surface area contributed by atoms with Crippen molar-refractivity contribution < 1.29 is 4.79 Å². The number of carbonyl (C=O) groups excluding carboxylic acids is 1. The summed E-state index contributed by atoms with van der Waals surface area (Å²) in [5.41, 5.74) is 1.00. The Bertz CT molecular complexity index is 545. The second kappa shape index (κ2) is 5.49. The Balaban J connectivity index is 2.11. The molecule has 6 heteroatoms. The van der Waals surface area contributed by atoms with Gasteiger partial charge in [0.15, 0.2) is 5.13 Å². The van der Waals surface area contributed by atoms with Crippen molar-refractivity contribution in [2.75, 3.05) is 19.0 Å². The van der Waals surface area contributed by atoms with Gasteiger partial charge in [-0.25, -0.2) is 4.98 Å². The topological polar surface area (TPSA) is 45.2 Å². The van der Waals surface area contributed by atoms with E-state index in [-0.39, 0.29) is 5.91 Å². The average Bonchev–Trinajstić information content (AvgIpc) is 2.95. The van der Waals surface area contributed by atoms with Crippen LogP contribution in [0.4, 0.5) is 5.13 Å². The lowest BCUT2D eigenvalue weighted by atomic mass is 10.3. The molecule has 2 aromatic heterocycles. The molecule has 2 rings (SSSR count). The number of amides is 1. The van der Waals surface area contributed by atoms with Crippen molar-refractivity contribution in [3.63, 3.8) is 0 Å². The van der Waals surface area contributed by atoms with Crippen LogP contribution in [0.2, 0.25) is 0 Å². The summed E-state index contributed by atoms with van der Waals surface area (Å²) in [7, 11) is 3.97. The van der Waals surface area contributed by atoms with E-state index >= 15 is 0 Å². The number of hydrogen-bond donors (Lipinski definition) is 1. The zero-order valence-electron chi connectivity index (χ0n) is 10.6. The van der Waals surface area contributed by atoms with Crippen molar-refractivity contribution in [1.29, 1.82) is 0 Å². The van der Waals surface area contributed by atoms with Crippen LogP contribution in [-0.4, -0.2) is 25.0 Å². The molecule has 2 aromatic rings. The number of nitrogens with zero attached hydrogens (tertiary/aromatic N) is 2. The summed E-state index contributed by atoms with van der Waals surface area (Å²) in [6, 6.07) is 4.08. The van der Waals surface area contributed by atoms with Gasteiger partial charge in [0, 0.05) is 31.3 Å². The third-order valence-electron chi connectivity index (χ3n) is 2.30. The van der Waals surface area contributed by atoms with E-state index in [1.165, 1.54) is 6.92 Å². The molecule has 0 aromatic carbocycles. The standard InChI is InChI=1S/C12H15N3OS2/c1-8(16)13-6-9-4-5-11(18-9)10-7-17-12(14-10)15(2)3/h4-5,7H,6H2,1-3H3,(H,13,16). The van der Waals surface area contributed by atoms with Gasteiger partial charge in [0.25, 0.3) is 0 Å². The molecular formula is C12H15N3OS2. The maximum absolute atomic E-state index is 10.8. The maximum atomic E-state index is 10.8. The van der Waals surface area contributed by atoms with Crippen LogP contribution in [0.3, 0.4) is 0 Å². The summed E-state index contributed by atoms with van der Waals surface area (Å²) in [6.07, 6.45) is 0. The van der Waals surface area contributed by atoms with Gasteiger partial charge in [0.05, 0.1) is 17.1 Å². The maximum Gasteiger partial charge on any atom is 0.217 e. The molecule has 0 saturated carbocycles. The van der Waals surface area contributed by atoms with Gasteiger partial charge in [-0.3, -0.25) is 4.79 Å². The molecule has 0 radical (unpaired) electrons. The Morgan fingerprint density at radius 1 is 1.44 bits per heavy atom. The van der Waals surface area contributed by atoms with Crippen LogP contribution >= 0.6 is 22.7 Å². The molecule has 2 heterocycles. The number of anilines is 1. The molecule has 0 unspecified atom stereocenters. The zero-order chi connectivity index (χ0) is 13.1. The van der Waals surface area contributed by atoms with E-state index in [9.17, 15) is 4.79 Å². The minimum atomic E-state index is -0.00602. The molecule has 0 aliphatic heterocycles.